The molecule has 1 heterocycles. The van der Waals surface area contributed by atoms with Gasteiger partial charge in [0.05, 0.1) is 42.9 Å². The number of Topliss-reactive ketones (excluding diaryl/α,β-unsaturated/α-hetero) is 2. The zero-order valence-corrected chi connectivity index (χ0v) is 37.4. The fraction of sp³-hybridized carbons (Fsp3) is 0.750. The molecule has 1 saturated heterocycles. The van der Waals surface area contributed by atoms with Crippen LogP contribution in [0.4, 0.5) is 0 Å². The van der Waals surface area contributed by atoms with Gasteiger partial charge < -0.3 is 24.0 Å². The van der Waals surface area contributed by atoms with Crippen LogP contribution in [-0.4, -0.2) is 123 Å². The molecule has 0 aliphatic carbocycles. The fourth-order valence-corrected chi connectivity index (χ4v) is 8.89. The number of ether oxygens (including phenoxy) is 3. The minimum absolute atomic E-state index is 0.0120. The Morgan fingerprint density at radius 2 is 1.52 bits per heavy atom. The summed E-state index contributed by atoms with van der Waals surface area (Å²) in [7, 11) is 8.67. The van der Waals surface area contributed by atoms with Gasteiger partial charge in [-0.2, -0.15) is 0 Å². The van der Waals surface area contributed by atoms with Gasteiger partial charge in [-0.1, -0.05) is 92.1 Å². The van der Waals surface area contributed by atoms with Crippen LogP contribution in [0.25, 0.3) is 10.4 Å². The normalized spacial score (nSPS) is 19.1. The second-order valence-electron chi connectivity index (χ2n) is 17.1. The smallest absolute Gasteiger partial charge is 0.244 e. The number of amides is 3. The van der Waals surface area contributed by atoms with Gasteiger partial charge in [0.1, 0.15) is 12.4 Å². The molecule has 3 amide bonds. The summed E-state index contributed by atoms with van der Waals surface area (Å²) in [5, 5.41) is 3.10. The third kappa shape index (κ3) is 13.7. The minimum atomic E-state index is -0.753. The summed E-state index contributed by atoms with van der Waals surface area (Å²) in [6.45, 7) is 15.9. The molecule has 0 radical (unpaired) electrons. The number of nitrogens with zero attached hydrogens (tertiary/aromatic N) is 6. The van der Waals surface area contributed by atoms with Gasteiger partial charge in [-0.3, -0.25) is 28.9 Å². The second-order valence-corrected chi connectivity index (χ2v) is 17.1. The molecule has 0 N–H and O–H groups in total. The molecule has 2 rings (SSSR count). The Morgan fingerprint density at radius 3 is 2.03 bits per heavy atom. The zero-order valence-electron chi connectivity index (χ0n) is 37.4. The number of benzene rings is 1. The monoisotopic (exact) mass is 813 g/mol. The van der Waals surface area contributed by atoms with Gasteiger partial charge in [0.25, 0.3) is 0 Å². The van der Waals surface area contributed by atoms with Crippen LogP contribution in [0.15, 0.2) is 35.4 Å². The molecule has 0 aromatic heterocycles. The van der Waals surface area contributed by atoms with Gasteiger partial charge in [-0.05, 0) is 66.8 Å². The Balaban J connectivity index is 2.29. The van der Waals surface area contributed by atoms with Crippen molar-refractivity contribution in [3.8, 4) is 0 Å². The highest BCUT2D eigenvalue weighted by atomic mass is 16.5. The van der Waals surface area contributed by atoms with Crippen molar-refractivity contribution < 1.29 is 38.2 Å². The minimum Gasteiger partial charge on any atom is -0.379 e. The summed E-state index contributed by atoms with van der Waals surface area (Å²) in [5.74, 6) is -2.49. The molecule has 1 aliphatic heterocycles. The molecule has 1 aromatic carbocycles. The van der Waals surface area contributed by atoms with E-state index in [4.69, 9.17) is 19.7 Å². The SMILES string of the molecule is CC[C@H](C)[C@@H]([C@@H](CC(=O)N1CCC[C@H]1[C@H](OC)[C@@H](C)C(=O)C[C@H](C)[C@@H](OCC(=O)N=[N+]=[N-])c1ccccc1)OC)N(C)C(=O)[C@@H](CC(=O)[C@H](C(C)C)N(C)C)C(C)C. The zero-order chi connectivity index (χ0) is 43.9. The molecule has 1 fully saturated rings. The number of likely N-dealkylation sites (N-methyl/N-ethyl adjacent to an activating group) is 2. The van der Waals surface area contributed by atoms with Crippen LogP contribution in [0, 0.1) is 35.5 Å². The number of carbonyl (C=O) groups is 5. The van der Waals surface area contributed by atoms with Crippen LogP contribution in [-0.2, 0) is 38.2 Å². The van der Waals surface area contributed by atoms with E-state index in [2.05, 4.69) is 16.9 Å². The first-order valence-electron chi connectivity index (χ1n) is 20.9. The summed E-state index contributed by atoms with van der Waals surface area (Å²) in [6, 6.07) is 8.19. The van der Waals surface area contributed by atoms with E-state index in [1.54, 1.807) is 26.2 Å². The third-order valence-electron chi connectivity index (χ3n) is 12.1. The average molecular weight is 813 g/mol. The van der Waals surface area contributed by atoms with Crippen molar-refractivity contribution in [3.63, 3.8) is 0 Å². The Morgan fingerprint density at radius 1 is 0.879 bits per heavy atom. The van der Waals surface area contributed by atoms with Crippen molar-refractivity contribution in [1.82, 2.24) is 14.7 Å². The number of carbonyl (C=O) groups excluding carboxylic acids is 5. The quantitative estimate of drug-likeness (QED) is 0.0578. The number of hydrogen-bond donors (Lipinski definition) is 0. The van der Waals surface area contributed by atoms with E-state index in [9.17, 15) is 24.0 Å². The number of likely N-dealkylation sites (tertiary alicyclic amines) is 1. The molecular formula is C44H72N6O8. The van der Waals surface area contributed by atoms with Gasteiger partial charge in [-0.25, -0.2) is 0 Å². The van der Waals surface area contributed by atoms with Crippen LogP contribution in [0.2, 0.25) is 0 Å². The summed E-state index contributed by atoms with van der Waals surface area (Å²) >= 11 is 0. The van der Waals surface area contributed by atoms with Crippen LogP contribution < -0.4 is 0 Å². The Labute approximate surface area is 347 Å². The number of methoxy groups -OCH3 is 2. The van der Waals surface area contributed by atoms with Gasteiger partial charge in [0.2, 0.25) is 17.7 Å². The Bertz CT molecular complexity index is 1520. The number of rotatable bonds is 25. The highest BCUT2D eigenvalue weighted by molar-refractivity contribution is 5.90. The molecular weight excluding hydrogens is 741 g/mol. The molecule has 14 nitrogen and oxygen atoms in total. The molecule has 0 bridgehead atoms. The predicted octanol–water partition coefficient (Wildman–Crippen LogP) is 6.91. The van der Waals surface area contributed by atoms with E-state index in [0.29, 0.717) is 13.0 Å². The maximum absolute atomic E-state index is 14.3. The van der Waals surface area contributed by atoms with Crippen molar-refractivity contribution in [2.75, 3.05) is 48.5 Å². The van der Waals surface area contributed by atoms with Crippen molar-refractivity contribution in [3.05, 3.63) is 46.3 Å². The lowest BCUT2D eigenvalue weighted by Gasteiger charge is -2.41. The largest absolute Gasteiger partial charge is 0.379 e. The maximum atomic E-state index is 14.3. The summed E-state index contributed by atoms with van der Waals surface area (Å²) in [5.41, 5.74) is 9.43. The van der Waals surface area contributed by atoms with Crippen molar-refractivity contribution >= 4 is 29.3 Å². The van der Waals surface area contributed by atoms with Crippen LogP contribution in [0.3, 0.4) is 0 Å². The van der Waals surface area contributed by atoms with Gasteiger partial charge in [-0.15, -0.1) is 0 Å². The highest BCUT2D eigenvalue weighted by Crippen LogP contribution is 2.34. The molecule has 1 aliphatic rings. The van der Waals surface area contributed by atoms with Crippen LogP contribution >= 0.6 is 0 Å². The standard InChI is InChI=1S/C44H72N6O8/c1-14-29(6)41(49(11)44(55)33(27(2)3)24-36(52)40(28(4)5)48(9)10)37(56-12)25-39(54)50-22-18-21-34(50)43(57-13)31(8)35(51)23-30(7)42(32-19-16-15-17-20-32)58-26-38(53)46-47-45/h15-17,19-20,27-31,33-34,37,40-43H,14,18,21-26H2,1-13H3/t29-,30-,31-,33-,34-,37+,40-,41-,42+,43+/m0/s1. The maximum Gasteiger partial charge on any atom is 0.244 e. The van der Waals surface area contributed by atoms with Crippen molar-refractivity contribution in [2.24, 2.45) is 40.6 Å². The van der Waals surface area contributed by atoms with Gasteiger partial charge in [0, 0.05) is 57.4 Å². The topological polar surface area (TPSA) is 172 Å². The van der Waals surface area contributed by atoms with Gasteiger partial charge >= 0.3 is 0 Å². The first-order valence-corrected chi connectivity index (χ1v) is 20.9. The van der Waals surface area contributed by atoms with Crippen LogP contribution in [0.1, 0.15) is 106 Å². The first kappa shape index (κ1) is 50.5. The summed E-state index contributed by atoms with van der Waals surface area (Å²) < 4.78 is 18.0. The lowest BCUT2D eigenvalue weighted by atomic mass is 9.83. The van der Waals surface area contributed by atoms with E-state index in [-0.39, 0.29) is 78.4 Å². The molecule has 10 atom stereocenters. The molecule has 0 spiro atoms. The second kappa shape index (κ2) is 24.4. The summed E-state index contributed by atoms with van der Waals surface area (Å²) in [6.07, 6.45) is 0.626. The van der Waals surface area contributed by atoms with Crippen molar-refractivity contribution in [1.29, 1.82) is 0 Å². The molecule has 1 aromatic rings. The molecule has 58 heavy (non-hydrogen) atoms. The molecule has 14 heteroatoms. The molecule has 0 saturated carbocycles. The van der Waals surface area contributed by atoms with Crippen molar-refractivity contribution in [2.45, 2.75) is 130 Å². The van der Waals surface area contributed by atoms with E-state index < -0.39 is 48.7 Å². The van der Waals surface area contributed by atoms with Crippen LogP contribution in [0.5, 0.6) is 0 Å². The third-order valence-corrected chi connectivity index (χ3v) is 12.1. The number of ketones is 2. The van der Waals surface area contributed by atoms with E-state index in [1.807, 2.05) is 103 Å². The lowest BCUT2D eigenvalue weighted by molar-refractivity contribution is -0.149. The van der Waals surface area contributed by atoms with E-state index in [1.165, 1.54) is 0 Å². The van der Waals surface area contributed by atoms with E-state index >= 15 is 0 Å². The number of hydrogen-bond acceptors (Lipinski definition) is 9. The number of azide groups is 1. The molecule has 326 valence electrons. The molecule has 0 unspecified atom stereocenters. The van der Waals surface area contributed by atoms with Gasteiger partial charge in [0.15, 0.2) is 5.78 Å². The fourth-order valence-electron chi connectivity index (χ4n) is 8.89. The first-order chi connectivity index (χ1) is 27.4. The Kier molecular flexibility index (Phi) is 21.2. The van der Waals surface area contributed by atoms with E-state index in [0.717, 1.165) is 18.4 Å². The highest BCUT2D eigenvalue weighted by Gasteiger charge is 2.43. The average Bonchev–Trinajstić information content (AvgIpc) is 3.66. The Hall–Kier alpha value is -3.68. The summed E-state index contributed by atoms with van der Waals surface area (Å²) in [4.78, 5) is 76.1. The predicted molar refractivity (Wildman–Crippen MR) is 224 cm³/mol. The lowest BCUT2D eigenvalue weighted by Crippen LogP contribution is -2.54.